The quantitative estimate of drug-likeness (QED) is 0.679. The van der Waals surface area contributed by atoms with Crippen LogP contribution in [0, 0.1) is 6.92 Å². The van der Waals surface area contributed by atoms with E-state index in [-0.39, 0.29) is 18.2 Å². The van der Waals surface area contributed by atoms with Gasteiger partial charge < -0.3 is 17.5 Å². The first-order valence-electron chi connectivity index (χ1n) is 5.86. The van der Waals surface area contributed by atoms with Gasteiger partial charge in [0.05, 0.1) is 17.0 Å². The summed E-state index contributed by atoms with van der Waals surface area (Å²) < 4.78 is 5.85. The standard InChI is InChI=1S/C16H12O2.ClH/c1-11-4-2-3-5-14(11)15-9-7-12-6-8-13(17)10-16(12)18-15;/h2-10H,1H3;1H. The number of phenols is 1. The zero-order valence-corrected chi connectivity index (χ0v) is 11.2. The summed E-state index contributed by atoms with van der Waals surface area (Å²) in [6, 6.07) is 17.2. The van der Waals surface area contributed by atoms with Gasteiger partial charge in [-0.3, -0.25) is 0 Å². The van der Waals surface area contributed by atoms with Gasteiger partial charge in [0.2, 0.25) is 0 Å². The maximum absolute atomic E-state index is 9.49. The molecule has 0 aliphatic rings. The zero-order valence-electron chi connectivity index (χ0n) is 10.4. The molecule has 0 atom stereocenters. The van der Waals surface area contributed by atoms with Gasteiger partial charge in [0.15, 0.2) is 0 Å². The molecule has 0 radical (unpaired) electrons. The molecule has 2 aromatic carbocycles. The van der Waals surface area contributed by atoms with Crippen molar-refractivity contribution >= 4 is 11.0 Å². The molecular weight excluding hydrogens is 260 g/mol. The van der Waals surface area contributed by atoms with Gasteiger partial charge in [-0.1, -0.05) is 18.2 Å². The zero-order chi connectivity index (χ0) is 12.5. The van der Waals surface area contributed by atoms with Crippen LogP contribution >= 0.6 is 0 Å². The van der Waals surface area contributed by atoms with Crippen LogP contribution in [0.3, 0.4) is 0 Å². The van der Waals surface area contributed by atoms with E-state index < -0.39 is 0 Å². The molecule has 1 heterocycles. The molecule has 1 aromatic heterocycles. The lowest BCUT2D eigenvalue weighted by molar-refractivity contribution is -0.00000517. The molecule has 0 spiro atoms. The minimum absolute atomic E-state index is 0. The molecule has 0 amide bonds. The van der Waals surface area contributed by atoms with Gasteiger partial charge in [0.1, 0.15) is 5.75 Å². The lowest BCUT2D eigenvalue weighted by Crippen LogP contribution is -3.00. The topological polar surface area (TPSA) is 31.5 Å². The number of phenolic OH excluding ortho intramolecular Hbond substituents is 1. The number of aromatic hydroxyl groups is 1. The Hall–Kier alpha value is -2.06. The van der Waals surface area contributed by atoms with Gasteiger partial charge in [0.25, 0.3) is 0 Å². The second kappa shape index (κ2) is 5.29. The fourth-order valence-corrected chi connectivity index (χ4v) is 2.06. The third-order valence-corrected chi connectivity index (χ3v) is 3.04. The number of aryl methyl sites for hydroxylation is 1. The molecule has 0 saturated carbocycles. The average Bonchev–Trinajstić information content (AvgIpc) is 2.38. The van der Waals surface area contributed by atoms with Crippen LogP contribution in [0.1, 0.15) is 5.56 Å². The summed E-state index contributed by atoms with van der Waals surface area (Å²) in [6.07, 6.45) is 0. The number of hydrogen-bond acceptors (Lipinski definition) is 1. The normalized spacial score (nSPS) is 10.2. The summed E-state index contributed by atoms with van der Waals surface area (Å²) in [7, 11) is 0. The summed E-state index contributed by atoms with van der Waals surface area (Å²) in [6.45, 7) is 2.05. The molecule has 0 aliphatic carbocycles. The van der Waals surface area contributed by atoms with Gasteiger partial charge >= 0.3 is 11.3 Å². The predicted molar refractivity (Wildman–Crippen MR) is 72.5 cm³/mol. The Morgan fingerprint density at radius 2 is 1.68 bits per heavy atom. The Morgan fingerprint density at radius 3 is 2.47 bits per heavy atom. The number of rotatable bonds is 1. The monoisotopic (exact) mass is 272 g/mol. The summed E-state index contributed by atoms with van der Waals surface area (Å²) in [5.41, 5.74) is 2.93. The highest BCUT2D eigenvalue weighted by molar-refractivity contribution is 5.80. The molecule has 3 aromatic rings. The first-order valence-corrected chi connectivity index (χ1v) is 5.86. The Labute approximate surface area is 117 Å². The van der Waals surface area contributed by atoms with Crippen molar-refractivity contribution in [3.8, 4) is 17.1 Å². The lowest BCUT2D eigenvalue weighted by atomic mass is 10.1. The van der Waals surface area contributed by atoms with Crippen molar-refractivity contribution in [2.45, 2.75) is 6.92 Å². The molecule has 0 fully saturated rings. The van der Waals surface area contributed by atoms with Crippen molar-refractivity contribution in [3.05, 3.63) is 60.2 Å². The van der Waals surface area contributed by atoms with Crippen molar-refractivity contribution in [2.24, 2.45) is 0 Å². The van der Waals surface area contributed by atoms with Crippen LogP contribution in [0.15, 0.2) is 59.0 Å². The number of halogens is 1. The SMILES string of the molecule is Cc1ccccc1-c1ccc2ccc(O)cc2[o+]1.[Cl-]. The molecule has 3 rings (SSSR count). The van der Waals surface area contributed by atoms with Crippen LogP contribution in [0.2, 0.25) is 0 Å². The Morgan fingerprint density at radius 1 is 0.947 bits per heavy atom. The molecule has 0 unspecified atom stereocenters. The van der Waals surface area contributed by atoms with Crippen molar-refractivity contribution < 1.29 is 21.9 Å². The van der Waals surface area contributed by atoms with Crippen molar-refractivity contribution in [2.75, 3.05) is 0 Å². The molecule has 96 valence electrons. The first kappa shape index (κ1) is 13.4. The second-order valence-corrected chi connectivity index (χ2v) is 4.34. The van der Waals surface area contributed by atoms with Crippen LogP contribution in [-0.2, 0) is 0 Å². The van der Waals surface area contributed by atoms with Crippen LogP contribution in [0.5, 0.6) is 5.75 Å². The summed E-state index contributed by atoms with van der Waals surface area (Å²) in [5.74, 6) is 1.03. The van der Waals surface area contributed by atoms with Crippen LogP contribution < -0.4 is 12.4 Å². The van der Waals surface area contributed by atoms with Gasteiger partial charge in [-0.05, 0) is 36.8 Å². The van der Waals surface area contributed by atoms with Gasteiger partial charge in [-0.2, -0.15) is 0 Å². The smallest absolute Gasteiger partial charge is 0.364 e. The van der Waals surface area contributed by atoms with E-state index in [2.05, 4.69) is 13.0 Å². The molecule has 19 heavy (non-hydrogen) atoms. The molecule has 1 N–H and O–H groups in total. The molecule has 2 nitrogen and oxygen atoms in total. The number of benzene rings is 2. The Kier molecular flexibility index (Phi) is 3.72. The average molecular weight is 273 g/mol. The van der Waals surface area contributed by atoms with E-state index in [1.54, 1.807) is 12.1 Å². The molecule has 0 aliphatic heterocycles. The molecule has 3 heteroatoms. The minimum atomic E-state index is 0. The Balaban J connectivity index is 0.00000133. The van der Waals surface area contributed by atoms with E-state index in [1.807, 2.05) is 36.4 Å². The molecular formula is C16H13ClO2. The van der Waals surface area contributed by atoms with E-state index in [1.165, 1.54) is 5.56 Å². The summed E-state index contributed by atoms with van der Waals surface area (Å²) in [4.78, 5) is 0. The van der Waals surface area contributed by atoms with E-state index in [0.29, 0.717) is 5.58 Å². The second-order valence-electron chi connectivity index (χ2n) is 4.34. The number of fused-ring (bicyclic) bond motifs is 1. The maximum atomic E-state index is 9.49. The highest BCUT2D eigenvalue weighted by Crippen LogP contribution is 2.28. The lowest BCUT2D eigenvalue weighted by Gasteiger charge is -1.97. The summed E-state index contributed by atoms with van der Waals surface area (Å²) in [5, 5.41) is 10.5. The van der Waals surface area contributed by atoms with Crippen LogP contribution in [0.4, 0.5) is 0 Å². The Bertz CT molecular complexity index is 723. The van der Waals surface area contributed by atoms with Gasteiger partial charge in [0, 0.05) is 6.07 Å². The highest BCUT2D eigenvalue weighted by Gasteiger charge is 2.16. The third kappa shape index (κ3) is 2.54. The summed E-state index contributed by atoms with van der Waals surface area (Å²) >= 11 is 0. The minimum Gasteiger partial charge on any atom is -1.00 e. The molecule has 0 bridgehead atoms. The van der Waals surface area contributed by atoms with Crippen molar-refractivity contribution in [1.82, 2.24) is 0 Å². The largest absolute Gasteiger partial charge is 1.00 e. The van der Waals surface area contributed by atoms with E-state index in [0.717, 1.165) is 16.7 Å². The van der Waals surface area contributed by atoms with Crippen LogP contribution in [0.25, 0.3) is 22.3 Å². The fraction of sp³-hybridized carbons (Fsp3) is 0.0625. The van der Waals surface area contributed by atoms with Gasteiger partial charge in [-0.15, -0.1) is 0 Å². The van der Waals surface area contributed by atoms with Crippen LogP contribution in [-0.4, -0.2) is 5.11 Å². The third-order valence-electron chi connectivity index (χ3n) is 3.04. The van der Waals surface area contributed by atoms with E-state index >= 15 is 0 Å². The van der Waals surface area contributed by atoms with Gasteiger partial charge in [-0.25, -0.2) is 4.42 Å². The van der Waals surface area contributed by atoms with E-state index in [9.17, 15) is 5.11 Å². The number of hydrogen-bond donors (Lipinski definition) is 1. The maximum Gasteiger partial charge on any atom is 0.364 e. The highest BCUT2D eigenvalue weighted by atomic mass is 35.5. The first-order chi connectivity index (χ1) is 8.74. The fourth-order valence-electron chi connectivity index (χ4n) is 2.06. The predicted octanol–water partition coefficient (Wildman–Crippen LogP) is 1.40. The van der Waals surface area contributed by atoms with Crippen molar-refractivity contribution in [3.63, 3.8) is 0 Å². The molecule has 0 saturated heterocycles. The van der Waals surface area contributed by atoms with Crippen molar-refractivity contribution in [1.29, 1.82) is 0 Å². The van der Waals surface area contributed by atoms with E-state index in [4.69, 9.17) is 4.42 Å².